The third-order valence-electron chi connectivity index (χ3n) is 4.75. The first-order chi connectivity index (χ1) is 13.5. The van der Waals surface area contributed by atoms with Crippen molar-refractivity contribution < 1.29 is 19.8 Å². The van der Waals surface area contributed by atoms with Crippen LogP contribution in [-0.2, 0) is 16.0 Å². The first-order valence-electron chi connectivity index (χ1n) is 9.81. The highest BCUT2D eigenvalue weighted by Crippen LogP contribution is 2.19. The monoisotopic (exact) mass is 386 g/mol. The lowest BCUT2D eigenvalue weighted by atomic mass is 9.94. The van der Waals surface area contributed by atoms with Gasteiger partial charge in [0.15, 0.2) is 5.78 Å². The minimum absolute atomic E-state index is 0.0745. The van der Waals surface area contributed by atoms with Crippen LogP contribution in [0.4, 0.5) is 5.69 Å². The Balaban J connectivity index is 1.86. The van der Waals surface area contributed by atoms with E-state index in [1.54, 1.807) is 11.9 Å². The number of nitrogens with one attached hydrogen (secondary N) is 1. The number of benzene rings is 1. The Morgan fingerprint density at radius 2 is 1.61 bits per heavy atom. The zero-order valence-corrected chi connectivity index (χ0v) is 16.5. The smallest absolute Gasteiger partial charge is 0.202 e. The van der Waals surface area contributed by atoms with Crippen LogP contribution in [0.5, 0.6) is 0 Å². The second-order valence-electron chi connectivity index (χ2n) is 7.01. The highest BCUT2D eigenvalue weighted by molar-refractivity contribution is 6.19. The van der Waals surface area contributed by atoms with E-state index in [-0.39, 0.29) is 24.8 Å². The number of carbonyl (C=O) groups is 2. The molecule has 0 saturated heterocycles. The molecular weight excluding hydrogens is 356 g/mol. The topological polar surface area (TPSA) is 89.9 Å². The summed E-state index contributed by atoms with van der Waals surface area (Å²) in [6, 6.07) is 7.89. The maximum absolute atomic E-state index is 12.4. The lowest BCUT2D eigenvalue weighted by molar-refractivity contribution is -0.116. The van der Waals surface area contributed by atoms with E-state index >= 15 is 0 Å². The van der Waals surface area contributed by atoms with Crippen LogP contribution in [0, 0.1) is 0 Å². The molecule has 152 valence electrons. The Labute approximate surface area is 166 Å². The number of unbranched alkanes of at least 4 members (excludes halogenated alkanes) is 3. The zero-order chi connectivity index (χ0) is 20.4. The molecule has 6 nitrogen and oxygen atoms in total. The van der Waals surface area contributed by atoms with Crippen molar-refractivity contribution in [2.24, 2.45) is 0 Å². The van der Waals surface area contributed by atoms with E-state index < -0.39 is 0 Å². The molecule has 0 fully saturated rings. The number of aliphatic hydroxyl groups excluding tert-OH is 2. The molecule has 6 heteroatoms. The summed E-state index contributed by atoms with van der Waals surface area (Å²) in [6.45, 7) is 1.38. The van der Waals surface area contributed by atoms with Crippen LogP contribution in [0.15, 0.2) is 47.7 Å². The maximum atomic E-state index is 12.4. The summed E-state index contributed by atoms with van der Waals surface area (Å²) < 4.78 is 0. The fraction of sp³-hybridized carbons (Fsp3) is 0.455. The van der Waals surface area contributed by atoms with Gasteiger partial charge < -0.3 is 20.4 Å². The van der Waals surface area contributed by atoms with Gasteiger partial charge in [0.2, 0.25) is 5.78 Å². The van der Waals surface area contributed by atoms with Gasteiger partial charge >= 0.3 is 0 Å². The van der Waals surface area contributed by atoms with E-state index in [2.05, 4.69) is 5.32 Å². The first-order valence-corrected chi connectivity index (χ1v) is 9.81. The van der Waals surface area contributed by atoms with E-state index in [0.717, 1.165) is 43.5 Å². The van der Waals surface area contributed by atoms with Crippen LogP contribution in [-0.4, -0.2) is 60.0 Å². The van der Waals surface area contributed by atoms with Gasteiger partial charge in [0.1, 0.15) is 0 Å². The van der Waals surface area contributed by atoms with Crippen LogP contribution in [0.2, 0.25) is 0 Å². The second-order valence-corrected chi connectivity index (χ2v) is 7.01. The molecule has 3 N–H and O–H groups in total. The molecule has 1 aliphatic rings. The predicted molar refractivity (Wildman–Crippen MR) is 110 cm³/mol. The van der Waals surface area contributed by atoms with Gasteiger partial charge in [-0.3, -0.25) is 9.59 Å². The molecule has 0 saturated carbocycles. The predicted octanol–water partition coefficient (Wildman–Crippen LogP) is 2.08. The minimum Gasteiger partial charge on any atom is -0.396 e. The van der Waals surface area contributed by atoms with Crippen molar-refractivity contribution in [2.75, 3.05) is 38.7 Å². The molecule has 0 atom stereocenters. The molecule has 1 aromatic rings. The van der Waals surface area contributed by atoms with Crippen molar-refractivity contribution >= 4 is 17.3 Å². The summed E-state index contributed by atoms with van der Waals surface area (Å²) in [5.74, 6) is -0.366. The van der Waals surface area contributed by atoms with Crippen molar-refractivity contribution in [1.29, 1.82) is 0 Å². The third kappa shape index (κ3) is 6.62. The van der Waals surface area contributed by atoms with E-state index in [1.807, 2.05) is 24.3 Å². The summed E-state index contributed by atoms with van der Waals surface area (Å²) in [5.41, 5.74) is 2.80. The van der Waals surface area contributed by atoms with Gasteiger partial charge in [-0.1, -0.05) is 25.0 Å². The normalized spacial score (nSPS) is 14.0. The number of carbonyl (C=O) groups excluding carboxylic acids is 2. The van der Waals surface area contributed by atoms with Gasteiger partial charge in [0.05, 0.1) is 12.3 Å². The van der Waals surface area contributed by atoms with E-state index in [0.29, 0.717) is 24.2 Å². The highest BCUT2D eigenvalue weighted by Gasteiger charge is 2.22. The van der Waals surface area contributed by atoms with Gasteiger partial charge in [0, 0.05) is 50.5 Å². The van der Waals surface area contributed by atoms with Gasteiger partial charge in [-0.15, -0.1) is 0 Å². The molecule has 1 aromatic carbocycles. The lowest BCUT2D eigenvalue weighted by Crippen LogP contribution is -2.29. The Morgan fingerprint density at radius 1 is 0.893 bits per heavy atom. The van der Waals surface area contributed by atoms with Crippen molar-refractivity contribution in [1.82, 2.24) is 4.90 Å². The van der Waals surface area contributed by atoms with E-state index in [1.165, 1.54) is 12.2 Å². The van der Waals surface area contributed by atoms with Crippen molar-refractivity contribution in [3.05, 3.63) is 53.3 Å². The fourth-order valence-electron chi connectivity index (χ4n) is 3.08. The molecule has 0 aromatic heterocycles. The molecular formula is C22H30N2O4. The number of anilines is 1. The standard InChI is InChI=1S/C22H30N2O4/c1-24(11-13-26)20-16-21(27)18(15-22(20)28)14-17-6-8-19(9-7-17)23-10-4-2-3-5-12-25/h6-9,15-16,23,25-26H,2-5,10-14H2,1H3. The average molecular weight is 386 g/mol. The van der Waals surface area contributed by atoms with Crippen LogP contribution >= 0.6 is 0 Å². The Bertz CT molecular complexity index is 723. The molecule has 0 amide bonds. The second kappa shape index (κ2) is 11.4. The molecule has 0 unspecified atom stereocenters. The highest BCUT2D eigenvalue weighted by atomic mass is 16.3. The van der Waals surface area contributed by atoms with E-state index in [4.69, 9.17) is 10.2 Å². The van der Waals surface area contributed by atoms with Crippen LogP contribution in [0.3, 0.4) is 0 Å². The van der Waals surface area contributed by atoms with Gasteiger partial charge in [-0.05, 0) is 36.6 Å². The van der Waals surface area contributed by atoms with Crippen LogP contribution in [0.25, 0.3) is 0 Å². The number of aliphatic hydroxyl groups is 2. The number of hydrogen-bond donors (Lipinski definition) is 3. The summed E-state index contributed by atoms with van der Waals surface area (Å²) >= 11 is 0. The summed E-state index contributed by atoms with van der Waals surface area (Å²) in [4.78, 5) is 26.2. The number of hydrogen-bond acceptors (Lipinski definition) is 6. The van der Waals surface area contributed by atoms with Crippen molar-refractivity contribution in [3.63, 3.8) is 0 Å². The van der Waals surface area contributed by atoms with Gasteiger partial charge in [-0.25, -0.2) is 0 Å². The summed E-state index contributed by atoms with van der Waals surface area (Å²) in [5, 5.41) is 21.1. The molecule has 28 heavy (non-hydrogen) atoms. The quantitative estimate of drug-likeness (QED) is 0.376. The number of allylic oxidation sites excluding steroid dienone is 3. The molecule has 0 heterocycles. The molecule has 0 radical (unpaired) electrons. The van der Waals surface area contributed by atoms with Crippen LogP contribution < -0.4 is 5.32 Å². The number of likely N-dealkylation sites (N-methyl/N-ethyl adjacent to an activating group) is 1. The molecule has 0 aliphatic heterocycles. The third-order valence-corrected chi connectivity index (χ3v) is 4.75. The largest absolute Gasteiger partial charge is 0.396 e. The first kappa shape index (κ1) is 21.9. The van der Waals surface area contributed by atoms with Crippen molar-refractivity contribution in [2.45, 2.75) is 32.1 Å². The van der Waals surface area contributed by atoms with Crippen LogP contribution in [0.1, 0.15) is 31.2 Å². The van der Waals surface area contributed by atoms with Crippen molar-refractivity contribution in [3.8, 4) is 0 Å². The fourth-order valence-corrected chi connectivity index (χ4v) is 3.08. The molecule has 0 bridgehead atoms. The van der Waals surface area contributed by atoms with Gasteiger partial charge in [-0.2, -0.15) is 0 Å². The SMILES string of the molecule is CN(CCO)C1=CC(=O)C(Cc2ccc(NCCCCCCO)cc2)=CC1=O. The zero-order valence-electron chi connectivity index (χ0n) is 16.5. The summed E-state index contributed by atoms with van der Waals surface area (Å²) in [7, 11) is 1.68. The molecule has 1 aliphatic carbocycles. The van der Waals surface area contributed by atoms with Gasteiger partial charge in [0.25, 0.3) is 0 Å². The molecule has 2 rings (SSSR count). The van der Waals surface area contributed by atoms with E-state index in [9.17, 15) is 9.59 Å². The minimum atomic E-state index is -0.204. The Kier molecular flexibility index (Phi) is 8.91. The average Bonchev–Trinajstić information content (AvgIpc) is 2.68. The molecule has 0 spiro atoms. The lowest BCUT2D eigenvalue weighted by Gasteiger charge is -2.22. The number of nitrogens with zero attached hydrogens (tertiary/aromatic N) is 1. The maximum Gasteiger partial charge on any atom is 0.202 e. The Morgan fingerprint density at radius 3 is 2.29 bits per heavy atom. The summed E-state index contributed by atoms with van der Waals surface area (Å²) in [6.07, 6.45) is 7.25. The number of ketones is 2. The Hall–Kier alpha value is -2.44. The number of rotatable bonds is 12.